The molecule has 1 atom stereocenters. The third-order valence-corrected chi connectivity index (χ3v) is 4.40. The predicted octanol–water partition coefficient (Wildman–Crippen LogP) is 3.24. The van der Waals surface area contributed by atoms with E-state index in [2.05, 4.69) is 16.8 Å². The summed E-state index contributed by atoms with van der Waals surface area (Å²) in [6.45, 7) is 10.7. The van der Waals surface area contributed by atoms with Crippen molar-refractivity contribution in [2.45, 2.75) is 39.3 Å². The monoisotopic (exact) mass is 342 g/mol. The lowest BCUT2D eigenvalue weighted by Crippen LogP contribution is -2.50. The van der Waals surface area contributed by atoms with Gasteiger partial charge in [-0.05, 0) is 33.8 Å². The van der Waals surface area contributed by atoms with Crippen molar-refractivity contribution in [3.05, 3.63) is 36.3 Å². The smallest absolute Gasteiger partial charge is 0.410 e. The number of piperazine rings is 1. The minimum Gasteiger partial charge on any atom is -0.444 e. The van der Waals surface area contributed by atoms with Gasteiger partial charge >= 0.3 is 6.09 Å². The third-order valence-electron chi connectivity index (χ3n) is 4.40. The van der Waals surface area contributed by atoms with Gasteiger partial charge in [0.05, 0.1) is 11.6 Å². The molecule has 3 rings (SSSR count). The number of rotatable bonds is 2. The fourth-order valence-electron chi connectivity index (χ4n) is 2.97. The Morgan fingerprint density at radius 2 is 1.84 bits per heavy atom. The van der Waals surface area contributed by atoms with E-state index in [9.17, 15) is 4.79 Å². The number of amides is 1. The number of carbonyl (C=O) groups excluding carboxylic acids is 1. The summed E-state index contributed by atoms with van der Waals surface area (Å²) in [6, 6.07) is 8.12. The van der Waals surface area contributed by atoms with Gasteiger partial charge in [-0.25, -0.2) is 14.8 Å². The highest BCUT2D eigenvalue weighted by molar-refractivity contribution is 5.77. The number of aromatic nitrogens is 2. The highest BCUT2D eigenvalue weighted by Gasteiger charge is 2.28. The van der Waals surface area contributed by atoms with Crippen LogP contribution in [0.25, 0.3) is 10.9 Å². The highest BCUT2D eigenvalue weighted by atomic mass is 16.6. The number of fused-ring (bicyclic) bond motifs is 1. The summed E-state index contributed by atoms with van der Waals surface area (Å²) in [5, 5.41) is 1.05. The molecule has 0 bridgehead atoms. The van der Waals surface area contributed by atoms with Crippen molar-refractivity contribution in [3.63, 3.8) is 0 Å². The van der Waals surface area contributed by atoms with Crippen LogP contribution in [0.5, 0.6) is 0 Å². The zero-order valence-electron chi connectivity index (χ0n) is 15.4. The molecule has 1 amide bonds. The molecule has 0 radical (unpaired) electrons. The van der Waals surface area contributed by atoms with Gasteiger partial charge in [0.2, 0.25) is 0 Å². The predicted molar refractivity (Wildman–Crippen MR) is 97.3 cm³/mol. The van der Waals surface area contributed by atoms with Crippen LogP contribution in [0.3, 0.4) is 0 Å². The van der Waals surface area contributed by atoms with Crippen LogP contribution in [0.15, 0.2) is 30.5 Å². The van der Waals surface area contributed by atoms with Crippen molar-refractivity contribution in [2.24, 2.45) is 0 Å². The zero-order chi connectivity index (χ0) is 18.0. The number of benzene rings is 1. The number of nitrogens with zero attached hydrogens (tertiary/aromatic N) is 4. The number of hydrogen-bond donors (Lipinski definition) is 0. The Balaban J connectivity index is 1.62. The molecule has 2 aromatic rings. The molecule has 0 spiro atoms. The van der Waals surface area contributed by atoms with Crippen LogP contribution < -0.4 is 0 Å². The fourth-order valence-corrected chi connectivity index (χ4v) is 2.97. The molecule has 0 N–H and O–H groups in total. The van der Waals surface area contributed by atoms with Crippen LogP contribution in [-0.4, -0.2) is 57.6 Å². The number of carbonyl (C=O) groups is 1. The second-order valence-electron chi connectivity index (χ2n) is 7.47. The van der Waals surface area contributed by atoms with E-state index in [1.165, 1.54) is 0 Å². The van der Waals surface area contributed by atoms with Crippen LogP contribution in [0.2, 0.25) is 0 Å². The van der Waals surface area contributed by atoms with E-state index in [1.54, 1.807) is 4.90 Å². The van der Waals surface area contributed by atoms with E-state index in [0.717, 1.165) is 29.8 Å². The fraction of sp³-hybridized carbons (Fsp3) is 0.526. The number of hydrogen-bond acceptors (Lipinski definition) is 5. The first-order valence-electron chi connectivity index (χ1n) is 8.77. The molecule has 1 fully saturated rings. The van der Waals surface area contributed by atoms with Crippen molar-refractivity contribution >= 4 is 17.0 Å². The van der Waals surface area contributed by atoms with Gasteiger partial charge in [-0.15, -0.1) is 0 Å². The van der Waals surface area contributed by atoms with Gasteiger partial charge in [-0.3, -0.25) is 4.90 Å². The Morgan fingerprint density at radius 3 is 2.52 bits per heavy atom. The van der Waals surface area contributed by atoms with Gasteiger partial charge in [0.1, 0.15) is 11.4 Å². The van der Waals surface area contributed by atoms with E-state index in [-0.39, 0.29) is 12.1 Å². The Morgan fingerprint density at radius 1 is 1.16 bits per heavy atom. The Bertz CT molecular complexity index is 748. The van der Waals surface area contributed by atoms with Gasteiger partial charge in [0.25, 0.3) is 0 Å². The van der Waals surface area contributed by atoms with Gasteiger partial charge in [-0.1, -0.05) is 18.2 Å². The van der Waals surface area contributed by atoms with Crippen LogP contribution in [-0.2, 0) is 4.74 Å². The Labute approximate surface area is 148 Å². The molecular weight excluding hydrogens is 316 g/mol. The summed E-state index contributed by atoms with van der Waals surface area (Å²) in [7, 11) is 0. The lowest BCUT2D eigenvalue weighted by Gasteiger charge is -2.37. The summed E-state index contributed by atoms with van der Waals surface area (Å²) in [4.78, 5) is 25.5. The summed E-state index contributed by atoms with van der Waals surface area (Å²) in [5.74, 6) is 0.824. The first kappa shape index (κ1) is 17.6. The maximum atomic E-state index is 12.2. The maximum absolute atomic E-state index is 12.2. The maximum Gasteiger partial charge on any atom is 0.410 e. The molecule has 134 valence electrons. The lowest BCUT2D eigenvalue weighted by atomic mass is 10.2. The van der Waals surface area contributed by atoms with Crippen LogP contribution >= 0.6 is 0 Å². The molecule has 1 aromatic heterocycles. The standard InChI is InChI=1S/C19H26N4O2/c1-14(17-20-13-15-7-5-6-8-16(15)21-17)22-9-11-23(12-10-22)18(24)25-19(2,3)4/h5-8,13-14H,9-12H2,1-4H3. The number of ether oxygens (including phenoxy) is 1. The minimum absolute atomic E-state index is 0.116. The molecule has 0 saturated carbocycles. The second-order valence-corrected chi connectivity index (χ2v) is 7.47. The molecule has 2 heterocycles. The largest absolute Gasteiger partial charge is 0.444 e. The van der Waals surface area contributed by atoms with Crippen LogP contribution in [0.1, 0.15) is 39.6 Å². The van der Waals surface area contributed by atoms with E-state index < -0.39 is 5.60 Å². The second kappa shape index (κ2) is 6.96. The van der Waals surface area contributed by atoms with E-state index >= 15 is 0 Å². The Hall–Kier alpha value is -2.21. The van der Waals surface area contributed by atoms with Crippen molar-refractivity contribution in [1.82, 2.24) is 19.8 Å². The summed E-state index contributed by atoms with van der Waals surface area (Å²) >= 11 is 0. The topological polar surface area (TPSA) is 58.6 Å². The van der Waals surface area contributed by atoms with Gasteiger partial charge in [0.15, 0.2) is 0 Å². The average Bonchev–Trinajstić information content (AvgIpc) is 2.59. The van der Waals surface area contributed by atoms with Crippen molar-refractivity contribution in [2.75, 3.05) is 26.2 Å². The summed E-state index contributed by atoms with van der Waals surface area (Å²) in [6.07, 6.45) is 1.65. The van der Waals surface area contributed by atoms with E-state index in [4.69, 9.17) is 9.72 Å². The molecule has 6 heteroatoms. The van der Waals surface area contributed by atoms with Crippen LogP contribution in [0, 0.1) is 0 Å². The molecule has 0 aliphatic carbocycles. The summed E-state index contributed by atoms with van der Waals surface area (Å²) < 4.78 is 5.45. The number of para-hydroxylation sites is 1. The SMILES string of the molecule is CC(c1ncc2ccccc2n1)N1CCN(C(=O)OC(C)(C)C)CC1. The van der Waals surface area contributed by atoms with Crippen molar-refractivity contribution in [1.29, 1.82) is 0 Å². The molecule has 6 nitrogen and oxygen atoms in total. The van der Waals surface area contributed by atoms with Crippen molar-refractivity contribution in [3.8, 4) is 0 Å². The molecular formula is C19H26N4O2. The first-order chi connectivity index (χ1) is 11.8. The van der Waals surface area contributed by atoms with Gasteiger partial charge in [-0.2, -0.15) is 0 Å². The summed E-state index contributed by atoms with van der Waals surface area (Å²) in [5.41, 5.74) is 0.507. The normalized spacial score (nSPS) is 17.5. The van der Waals surface area contributed by atoms with E-state index in [1.807, 2.05) is 51.2 Å². The molecule has 25 heavy (non-hydrogen) atoms. The van der Waals surface area contributed by atoms with E-state index in [0.29, 0.717) is 13.1 Å². The molecule has 1 saturated heterocycles. The molecule has 1 aliphatic rings. The molecule has 1 aromatic carbocycles. The Kier molecular flexibility index (Phi) is 4.90. The highest BCUT2D eigenvalue weighted by Crippen LogP contribution is 2.21. The molecule has 1 aliphatic heterocycles. The van der Waals surface area contributed by atoms with Crippen LogP contribution in [0.4, 0.5) is 4.79 Å². The first-order valence-corrected chi connectivity index (χ1v) is 8.77. The van der Waals surface area contributed by atoms with Gasteiger partial charge in [0, 0.05) is 37.8 Å². The average molecular weight is 342 g/mol. The molecule has 1 unspecified atom stereocenters. The zero-order valence-corrected chi connectivity index (χ0v) is 15.4. The van der Waals surface area contributed by atoms with Gasteiger partial charge < -0.3 is 9.64 Å². The lowest BCUT2D eigenvalue weighted by molar-refractivity contribution is 0.0107. The third kappa shape index (κ3) is 4.25. The quantitative estimate of drug-likeness (QED) is 0.838. The minimum atomic E-state index is -0.458. The van der Waals surface area contributed by atoms with Crippen molar-refractivity contribution < 1.29 is 9.53 Å².